The number of rotatable bonds is 5. The molecule has 20 heavy (non-hydrogen) atoms. The van der Waals surface area contributed by atoms with E-state index in [1.165, 1.54) is 22.7 Å². The molecule has 1 N–H and O–H groups in total. The Morgan fingerprint density at radius 2 is 2.15 bits per heavy atom. The summed E-state index contributed by atoms with van der Waals surface area (Å²) in [7, 11) is 0. The van der Waals surface area contributed by atoms with Gasteiger partial charge in [-0.3, -0.25) is 4.90 Å². The van der Waals surface area contributed by atoms with E-state index in [0.717, 1.165) is 19.6 Å². The molecule has 0 saturated carbocycles. The lowest BCUT2D eigenvalue weighted by molar-refractivity contribution is 0.0443. The summed E-state index contributed by atoms with van der Waals surface area (Å²) in [4.78, 5) is 8.53. The molecule has 0 bridgehead atoms. The van der Waals surface area contributed by atoms with Crippen molar-refractivity contribution in [2.24, 2.45) is 5.92 Å². The van der Waals surface area contributed by atoms with Gasteiger partial charge in [-0.2, -0.15) is 0 Å². The molecule has 4 heteroatoms. The second-order valence-corrected chi connectivity index (χ2v) is 7.77. The van der Waals surface area contributed by atoms with Crippen LogP contribution in [-0.2, 0) is 6.54 Å². The van der Waals surface area contributed by atoms with Gasteiger partial charge >= 0.3 is 0 Å². The first-order valence-corrected chi connectivity index (χ1v) is 8.71. The monoisotopic (exact) mass is 295 g/mol. The number of hydrogen-bond acceptors (Lipinski definition) is 4. The molecule has 3 nitrogen and oxygen atoms in total. The summed E-state index contributed by atoms with van der Waals surface area (Å²) in [6, 6.07) is 0.616. The van der Waals surface area contributed by atoms with Crippen molar-refractivity contribution in [2.45, 2.75) is 65.6 Å². The molecule has 1 fully saturated rings. The van der Waals surface area contributed by atoms with Gasteiger partial charge in [0.05, 0.1) is 6.54 Å². The van der Waals surface area contributed by atoms with Gasteiger partial charge in [-0.25, -0.2) is 4.98 Å². The van der Waals surface area contributed by atoms with Crippen LogP contribution in [0.15, 0.2) is 6.20 Å². The summed E-state index contributed by atoms with van der Waals surface area (Å²) in [5.74, 6) is 0.676. The third-order valence-electron chi connectivity index (χ3n) is 4.79. The molecule has 1 saturated heterocycles. The van der Waals surface area contributed by atoms with Crippen LogP contribution in [0, 0.1) is 12.8 Å². The number of aryl methyl sites for hydroxylation is 1. The van der Waals surface area contributed by atoms with E-state index in [2.05, 4.69) is 49.8 Å². The highest BCUT2D eigenvalue weighted by molar-refractivity contribution is 7.11. The third-order valence-corrected chi connectivity index (χ3v) is 5.69. The maximum absolute atomic E-state index is 4.56. The Kier molecular flexibility index (Phi) is 5.21. The molecule has 1 aliphatic rings. The van der Waals surface area contributed by atoms with Gasteiger partial charge < -0.3 is 5.32 Å². The molecule has 0 aromatic carbocycles. The summed E-state index contributed by atoms with van der Waals surface area (Å²) in [6.07, 6.45) is 4.39. The van der Waals surface area contributed by atoms with Crippen LogP contribution in [0.5, 0.6) is 0 Å². The number of nitrogens with zero attached hydrogens (tertiary/aromatic N) is 2. The Morgan fingerprint density at radius 3 is 2.65 bits per heavy atom. The number of hydrogen-bond donors (Lipinski definition) is 1. The highest BCUT2D eigenvalue weighted by atomic mass is 32.1. The lowest BCUT2D eigenvalue weighted by Gasteiger charge is -2.48. The van der Waals surface area contributed by atoms with E-state index in [-0.39, 0.29) is 5.54 Å². The largest absolute Gasteiger partial charge is 0.308 e. The number of piperazine rings is 1. The molecule has 1 aliphatic heterocycles. The Labute approximate surface area is 127 Å². The Balaban J connectivity index is 2.14. The van der Waals surface area contributed by atoms with Crippen molar-refractivity contribution in [3.8, 4) is 0 Å². The molecule has 114 valence electrons. The smallest absolute Gasteiger partial charge is 0.107 e. The Hall–Kier alpha value is -0.450. The highest BCUT2D eigenvalue weighted by Crippen LogP contribution is 2.27. The van der Waals surface area contributed by atoms with E-state index in [1.54, 1.807) is 0 Å². The van der Waals surface area contributed by atoms with E-state index < -0.39 is 0 Å². The van der Waals surface area contributed by atoms with Crippen molar-refractivity contribution in [1.82, 2.24) is 15.2 Å². The molecule has 0 spiro atoms. The van der Waals surface area contributed by atoms with Gasteiger partial charge in [-0.15, -0.1) is 11.3 Å². The quantitative estimate of drug-likeness (QED) is 0.902. The van der Waals surface area contributed by atoms with Crippen molar-refractivity contribution in [3.63, 3.8) is 0 Å². The van der Waals surface area contributed by atoms with Crippen molar-refractivity contribution < 1.29 is 0 Å². The topological polar surface area (TPSA) is 28.2 Å². The van der Waals surface area contributed by atoms with Gasteiger partial charge in [0.15, 0.2) is 0 Å². The van der Waals surface area contributed by atoms with Gasteiger partial charge in [0.25, 0.3) is 0 Å². The fourth-order valence-corrected chi connectivity index (χ4v) is 4.03. The van der Waals surface area contributed by atoms with Crippen molar-refractivity contribution in [1.29, 1.82) is 0 Å². The normalized spacial score (nSPS) is 23.4. The second kappa shape index (κ2) is 6.54. The molecule has 0 amide bonds. The van der Waals surface area contributed by atoms with Crippen LogP contribution < -0.4 is 5.32 Å². The molecule has 1 unspecified atom stereocenters. The lowest BCUT2D eigenvalue weighted by Crippen LogP contribution is -2.64. The average Bonchev–Trinajstić information content (AvgIpc) is 2.83. The van der Waals surface area contributed by atoms with Crippen LogP contribution in [0.3, 0.4) is 0 Å². The molecule has 1 atom stereocenters. The van der Waals surface area contributed by atoms with Gasteiger partial charge in [0.1, 0.15) is 5.01 Å². The van der Waals surface area contributed by atoms with Gasteiger partial charge in [-0.05, 0) is 25.7 Å². The first-order valence-electron chi connectivity index (χ1n) is 7.90. The van der Waals surface area contributed by atoms with Gasteiger partial charge in [0, 0.05) is 35.7 Å². The van der Waals surface area contributed by atoms with Crippen LogP contribution in [0.2, 0.25) is 0 Å². The fraction of sp³-hybridized carbons (Fsp3) is 0.812. The highest BCUT2D eigenvalue weighted by Gasteiger charge is 2.37. The van der Waals surface area contributed by atoms with Crippen LogP contribution >= 0.6 is 11.3 Å². The van der Waals surface area contributed by atoms with Crippen LogP contribution in [0.1, 0.15) is 50.4 Å². The van der Waals surface area contributed by atoms with Crippen molar-refractivity contribution in [2.75, 3.05) is 13.1 Å². The molecule has 1 aromatic rings. The van der Waals surface area contributed by atoms with E-state index in [0.29, 0.717) is 12.0 Å². The third kappa shape index (κ3) is 3.41. The van der Waals surface area contributed by atoms with E-state index in [1.807, 2.05) is 17.5 Å². The SMILES string of the molecule is CCC1(CC)CN(Cc2ncc(C)s2)C(C(C)C)CN1. The average molecular weight is 295 g/mol. The van der Waals surface area contributed by atoms with Crippen molar-refractivity contribution >= 4 is 11.3 Å². The zero-order valence-corrected chi connectivity index (χ0v) is 14.4. The molecule has 2 heterocycles. The Morgan fingerprint density at radius 1 is 1.45 bits per heavy atom. The summed E-state index contributed by atoms with van der Waals surface area (Å²) in [5, 5.41) is 5.09. The molecule has 0 radical (unpaired) electrons. The molecule has 1 aromatic heterocycles. The van der Waals surface area contributed by atoms with Crippen molar-refractivity contribution in [3.05, 3.63) is 16.1 Å². The van der Waals surface area contributed by atoms with Gasteiger partial charge in [0.2, 0.25) is 0 Å². The standard InChI is InChI=1S/C16H29N3S/c1-6-16(7-2)11-19(14(9-18-16)12(3)4)10-15-17-8-13(5)20-15/h8,12,14,18H,6-7,9-11H2,1-5H3. The number of nitrogens with one attached hydrogen (secondary N) is 1. The Bertz CT molecular complexity index is 423. The summed E-state index contributed by atoms with van der Waals surface area (Å²) in [6.45, 7) is 14.7. The summed E-state index contributed by atoms with van der Waals surface area (Å²) < 4.78 is 0. The second-order valence-electron chi connectivity index (χ2n) is 6.45. The first-order chi connectivity index (χ1) is 9.49. The van der Waals surface area contributed by atoms with E-state index in [9.17, 15) is 0 Å². The first kappa shape index (κ1) is 15.9. The van der Waals surface area contributed by atoms with E-state index in [4.69, 9.17) is 0 Å². The molecule has 0 aliphatic carbocycles. The summed E-state index contributed by atoms with van der Waals surface area (Å²) in [5.41, 5.74) is 0.289. The minimum Gasteiger partial charge on any atom is -0.308 e. The lowest BCUT2D eigenvalue weighted by atomic mass is 9.86. The molecule has 2 rings (SSSR count). The molecular weight excluding hydrogens is 266 g/mol. The van der Waals surface area contributed by atoms with Crippen LogP contribution in [-0.4, -0.2) is 34.6 Å². The fourth-order valence-electron chi connectivity index (χ4n) is 3.21. The predicted molar refractivity (Wildman–Crippen MR) is 87.2 cm³/mol. The minimum absolute atomic E-state index is 0.289. The molecular formula is C16H29N3S. The zero-order chi connectivity index (χ0) is 14.8. The number of aromatic nitrogens is 1. The predicted octanol–water partition coefficient (Wildman–Crippen LogP) is 3.44. The minimum atomic E-state index is 0.289. The maximum Gasteiger partial charge on any atom is 0.107 e. The van der Waals surface area contributed by atoms with Crippen LogP contribution in [0.4, 0.5) is 0 Å². The maximum atomic E-state index is 4.56. The zero-order valence-electron chi connectivity index (χ0n) is 13.6. The summed E-state index contributed by atoms with van der Waals surface area (Å²) >= 11 is 1.84. The van der Waals surface area contributed by atoms with Gasteiger partial charge in [-0.1, -0.05) is 27.7 Å². The van der Waals surface area contributed by atoms with Crippen LogP contribution in [0.25, 0.3) is 0 Å². The van der Waals surface area contributed by atoms with E-state index >= 15 is 0 Å². The number of thiazole rings is 1.